The van der Waals surface area contributed by atoms with Gasteiger partial charge in [-0.1, -0.05) is 35.2 Å². The van der Waals surface area contributed by atoms with Crippen LogP contribution >= 0.6 is 15.9 Å². The molecule has 21 heavy (non-hydrogen) atoms. The molecule has 0 aliphatic heterocycles. The van der Waals surface area contributed by atoms with Crippen molar-refractivity contribution in [2.24, 2.45) is 0 Å². The molecule has 114 valence electrons. The lowest BCUT2D eigenvalue weighted by molar-refractivity contribution is -0.139. The van der Waals surface area contributed by atoms with Gasteiger partial charge < -0.3 is 16.2 Å². The van der Waals surface area contributed by atoms with Crippen molar-refractivity contribution < 1.29 is 14.7 Å². The molecule has 0 bridgehead atoms. The first-order valence-corrected chi connectivity index (χ1v) is 7.80. The molecule has 1 aromatic rings. The van der Waals surface area contributed by atoms with E-state index >= 15 is 0 Å². The van der Waals surface area contributed by atoms with Gasteiger partial charge in [0.05, 0.1) is 17.5 Å². The van der Waals surface area contributed by atoms with E-state index in [2.05, 4.69) is 21.2 Å². The number of carbonyl (C=O) groups is 2. The molecule has 1 amide bonds. The predicted molar refractivity (Wildman–Crippen MR) is 84.1 cm³/mol. The van der Waals surface area contributed by atoms with E-state index in [0.29, 0.717) is 24.1 Å². The summed E-state index contributed by atoms with van der Waals surface area (Å²) in [6, 6.07) is 5.06. The van der Waals surface area contributed by atoms with Crippen LogP contribution in [0.1, 0.15) is 48.9 Å². The monoisotopic (exact) mass is 354 g/mol. The molecule has 1 saturated carbocycles. The molecule has 0 saturated heterocycles. The number of nitrogens with two attached hydrogens (primary N) is 1. The number of rotatable bonds is 4. The summed E-state index contributed by atoms with van der Waals surface area (Å²) in [5, 5.41) is 12.0. The zero-order valence-corrected chi connectivity index (χ0v) is 13.3. The Balaban J connectivity index is 2.19. The molecule has 0 spiro atoms. The van der Waals surface area contributed by atoms with Gasteiger partial charge in [0.1, 0.15) is 0 Å². The first kappa shape index (κ1) is 15.8. The summed E-state index contributed by atoms with van der Waals surface area (Å²) in [5.74, 6) is -1.19. The number of carbonyl (C=O) groups excluding carboxylic acids is 1. The third-order valence-corrected chi connectivity index (χ3v) is 4.43. The number of nitrogens with one attached hydrogen (secondary N) is 1. The van der Waals surface area contributed by atoms with Crippen LogP contribution in [0.5, 0.6) is 0 Å². The Morgan fingerprint density at radius 3 is 2.52 bits per heavy atom. The minimum Gasteiger partial charge on any atom is -0.481 e. The molecule has 6 heteroatoms. The molecule has 4 N–H and O–H groups in total. The van der Waals surface area contributed by atoms with Gasteiger partial charge in [0, 0.05) is 10.2 Å². The smallest absolute Gasteiger partial charge is 0.305 e. The minimum atomic E-state index is -0.888. The largest absolute Gasteiger partial charge is 0.481 e. The maximum Gasteiger partial charge on any atom is 0.305 e. The van der Waals surface area contributed by atoms with Crippen LogP contribution in [0.15, 0.2) is 22.7 Å². The summed E-state index contributed by atoms with van der Waals surface area (Å²) in [6.45, 7) is 0. The Morgan fingerprint density at radius 1 is 1.29 bits per heavy atom. The van der Waals surface area contributed by atoms with Crippen LogP contribution in [0.2, 0.25) is 0 Å². The average molecular weight is 355 g/mol. The van der Waals surface area contributed by atoms with Crippen molar-refractivity contribution in [1.29, 1.82) is 0 Å². The lowest BCUT2D eigenvalue weighted by Crippen LogP contribution is -2.51. The second kappa shape index (κ2) is 6.47. The highest BCUT2D eigenvalue weighted by Crippen LogP contribution is 2.32. The normalized spacial score (nSPS) is 17.2. The highest BCUT2D eigenvalue weighted by atomic mass is 79.9. The third-order valence-electron chi connectivity index (χ3n) is 3.94. The fourth-order valence-corrected chi connectivity index (χ4v) is 3.29. The van der Waals surface area contributed by atoms with Gasteiger partial charge in [-0.2, -0.15) is 0 Å². The number of carboxylic acids is 1. The summed E-state index contributed by atoms with van der Waals surface area (Å²) < 4.78 is 0.800. The molecule has 0 aromatic heterocycles. The molecule has 0 radical (unpaired) electrons. The van der Waals surface area contributed by atoms with Crippen molar-refractivity contribution in [2.75, 3.05) is 5.73 Å². The van der Waals surface area contributed by atoms with Gasteiger partial charge in [-0.05, 0) is 31.0 Å². The van der Waals surface area contributed by atoms with Crippen molar-refractivity contribution in [3.05, 3.63) is 28.2 Å². The number of aliphatic carboxylic acids is 1. The van der Waals surface area contributed by atoms with Gasteiger partial charge in [0.25, 0.3) is 5.91 Å². The molecule has 1 aliphatic rings. The zero-order valence-electron chi connectivity index (χ0n) is 11.7. The van der Waals surface area contributed by atoms with Crippen molar-refractivity contribution in [2.45, 2.75) is 44.1 Å². The number of benzene rings is 1. The number of halogens is 1. The van der Waals surface area contributed by atoms with Crippen LogP contribution in [0.4, 0.5) is 5.69 Å². The van der Waals surface area contributed by atoms with E-state index in [4.69, 9.17) is 10.8 Å². The Labute approximate surface area is 132 Å². The van der Waals surface area contributed by atoms with Crippen molar-refractivity contribution in [3.63, 3.8) is 0 Å². The first-order valence-electron chi connectivity index (χ1n) is 7.01. The van der Waals surface area contributed by atoms with Crippen LogP contribution in [-0.2, 0) is 4.79 Å². The van der Waals surface area contributed by atoms with E-state index in [9.17, 15) is 9.59 Å². The molecule has 5 nitrogen and oxygen atoms in total. The fraction of sp³-hybridized carbons (Fsp3) is 0.467. The summed E-state index contributed by atoms with van der Waals surface area (Å²) >= 11 is 3.30. The van der Waals surface area contributed by atoms with Crippen molar-refractivity contribution >= 4 is 33.5 Å². The third kappa shape index (κ3) is 3.97. The van der Waals surface area contributed by atoms with Gasteiger partial charge in [0.15, 0.2) is 0 Å². The molecular weight excluding hydrogens is 336 g/mol. The van der Waals surface area contributed by atoms with Gasteiger partial charge in [-0.15, -0.1) is 0 Å². The minimum absolute atomic E-state index is 0.0465. The molecule has 0 atom stereocenters. The lowest BCUT2D eigenvalue weighted by atomic mass is 9.79. The second-order valence-electron chi connectivity index (χ2n) is 5.60. The number of amides is 1. The lowest BCUT2D eigenvalue weighted by Gasteiger charge is -2.37. The first-order chi connectivity index (χ1) is 9.92. The summed E-state index contributed by atoms with van der Waals surface area (Å²) in [6.07, 6.45) is 4.29. The maximum absolute atomic E-state index is 12.4. The van der Waals surface area contributed by atoms with E-state index in [1.165, 1.54) is 0 Å². The SMILES string of the molecule is Nc1cc(Br)ccc1C(=O)NC1(CC(=O)O)CCCCC1. The van der Waals surface area contributed by atoms with Gasteiger partial charge in [0.2, 0.25) is 0 Å². The molecule has 2 rings (SSSR count). The summed E-state index contributed by atoms with van der Waals surface area (Å²) in [7, 11) is 0. The number of hydrogen-bond acceptors (Lipinski definition) is 3. The van der Waals surface area contributed by atoms with E-state index in [1.54, 1.807) is 18.2 Å². The van der Waals surface area contributed by atoms with Crippen LogP contribution in [0, 0.1) is 0 Å². The van der Waals surface area contributed by atoms with Crippen molar-refractivity contribution in [3.8, 4) is 0 Å². The highest BCUT2D eigenvalue weighted by Gasteiger charge is 2.36. The van der Waals surface area contributed by atoms with E-state index in [-0.39, 0.29) is 12.3 Å². The standard InChI is InChI=1S/C15H19BrN2O3/c16-10-4-5-11(12(17)8-10)14(21)18-15(9-13(19)20)6-2-1-3-7-15/h4-5,8H,1-3,6-7,9,17H2,(H,18,21)(H,19,20). The Kier molecular flexibility index (Phi) is 4.88. The van der Waals surface area contributed by atoms with Gasteiger partial charge >= 0.3 is 5.97 Å². The molecule has 1 fully saturated rings. The quantitative estimate of drug-likeness (QED) is 0.724. The highest BCUT2D eigenvalue weighted by molar-refractivity contribution is 9.10. The number of anilines is 1. The van der Waals surface area contributed by atoms with Crippen LogP contribution in [-0.4, -0.2) is 22.5 Å². The summed E-state index contributed by atoms with van der Waals surface area (Å²) in [4.78, 5) is 23.6. The Hall–Kier alpha value is -1.56. The summed E-state index contributed by atoms with van der Waals surface area (Å²) in [5.41, 5.74) is 5.97. The van der Waals surface area contributed by atoms with Crippen molar-refractivity contribution in [1.82, 2.24) is 5.32 Å². The van der Waals surface area contributed by atoms with E-state index in [1.807, 2.05) is 0 Å². The van der Waals surface area contributed by atoms with E-state index < -0.39 is 11.5 Å². The Morgan fingerprint density at radius 2 is 1.95 bits per heavy atom. The zero-order chi connectivity index (χ0) is 15.5. The molecule has 0 heterocycles. The van der Waals surface area contributed by atoms with Crippen LogP contribution < -0.4 is 11.1 Å². The van der Waals surface area contributed by atoms with Gasteiger partial charge in [-0.25, -0.2) is 0 Å². The van der Waals surface area contributed by atoms with Gasteiger partial charge in [-0.3, -0.25) is 9.59 Å². The fourth-order valence-electron chi connectivity index (χ4n) is 2.91. The number of nitrogen functional groups attached to an aromatic ring is 1. The molecule has 1 aromatic carbocycles. The average Bonchev–Trinajstić information content (AvgIpc) is 2.38. The topological polar surface area (TPSA) is 92.4 Å². The molecule has 0 unspecified atom stereocenters. The number of hydrogen-bond donors (Lipinski definition) is 3. The number of carboxylic acid groups (broad SMARTS) is 1. The van der Waals surface area contributed by atoms with E-state index in [0.717, 1.165) is 23.7 Å². The molecular formula is C15H19BrN2O3. The Bertz CT molecular complexity index is 554. The second-order valence-corrected chi connectivity index (χ2v) is 6.51. The van der Waals surface area contributed by atoms with Crippen LogP contribution in [0.3, 0.4) is 0 Å². The maximum atomic E-state index is 12.4. The predicted octanol–water partition coefficient (Wildman–Crippen LogP) is 2.94. The van der Waals surface area contributed by atoms with Crippen LogP contribution in [0.25, 0.3) is 0 Å². The molecule has 1 aliphatic carbocycles.